The van der Waals surface area contributed by atoms with E-state index < -0.39 is 0 Å². The molecule has 1 fully saturated rings. The summed E-state index contributed by atoms with van der Waals surface area (Å²) in [5, 5.41) is 5.25. The molecule has 0 aliphatic heterocycles. The first-order valence-corrected chi connectivity index (χ1v) is 8.79. The van der Waals surface area contributed by atoms with Gasteiger partial charge < -0.3 is 5.32 Å². The third-order valence-electron chi connectivity index (χ3n) is 3.61. The second kappa shape index (κ2) is 5.81. The van der Waals surface area contributed by atoms with Gasteiger partial charge >= 0.3 is 0 Å². The molecule has 0 saturated heterocycles. The van der Waals surface area contributed by atoms with Crippen molar-refractivity contribution in [1.82, 2.24) is 5.32 Å². The number of nitrogens with one attached hydrogen (secondary N) is 1. The molecule has 1 aliphatic carbocycles. The summed E-state index contributed by atoms with van der Waals surface area (Å²) >= 11 is 9.61. The van der Waals surface area contributed by atoms with E-state index in [1.165, 1.54) is 22.2 Å². The first-order chi connectivity index (χ1) is 9.24. The summed E-state index contributed by atoms with van der Waals surface area (Å²) in [6.45, 7) is 0. The smallest absolute Gasteiger partial charge is 0.261 e. The van der Waals surface area contributed by atoms with Crippen LogP contribution in [0.2, 0.25) is 0 Å². The van der Waals surface area contributed by atoms with E-state index in [-0.39, 0.29) is 17.3 Å². The summed E-state index contributed by atoms with van der Waals surface area (Å²) in [5.74, 6) is 0.0333. The van der Waals surface area contributed by atoms with E-state index in [0.717, 1.165) is 24.1 Å². The van der Waals surface area contributed by atoms with Crippen molar-refractivity contribution in [3.8, 4) is 0 Å². The number of amides is 1. The third kappa shape index (κ3) is 2.96. The lowest BCUT2D eigenvalue weighted by Crippen LogP contribution is -2.40. The molecule has 0 radical (unpaired) electrons. The highest BCUT2D eigenvalue weighted by atomic mass is 35.5. The van der Waals surface area contributed by atoms with E-state index in [1.54, 1.807) is 22.7 Å². The van der Waals surface area contributed by atoms with Crippen LogP contribution in [0, 0.1) is 0 Å². The fraction of sp³-hybridized carbons (Fsp3) is 0.500. The summed E-state index contributed by atoms with van der Waals surface area (Å²) in [4.78, 5) is 13.1. The number of carbonyl (C=O) groups is 1. The minimum Gasteiger partial charge on any atom is -0.347 e. The van der Waals surface area contributed by atoms with Crippen LogP contribution in [0.3, 0.4) is 0 Å². The number of carbonyl (C=O) groups excluding carboxylic acids is 1. The second-order valence-corrected chi connectivity index (χ2v) is 7.59. The van der Waals surface area contributed by atoms with Gasteiger partial charge in [-0.2, -0.15) is 0 Å². The maximum absolute atomic E-state index is 12.3. The fourth-order valence-corrected chi connectivity index (χ4v) is 4.90. The molecule has 1 aliphatic rings. The van der Waals surface area contributed by atoms with E-state index in [9.17, 15) is 4.79 Å². The number of hydrogen-bond donors (Lipinski definition) is 1. The largest absolute Gasteiger partial charge is 0.347 e. The molecule has 2 heterocycles. The zero-order valence-corrected chi connectivity index (χ0v) is 12.9. The Hall–Kier alpha value is -0.580. The molecular formula is C14H16ClNOS2. The van der Waals surface area contributed by atoms with Crippen molar-refractivity contribution < 1.29 is 4.79 Å². The van der Waals surface area contributed by atoms with E-state index in [4.69, 9.17) is 11.6 Å². The van der Waals surface area contributed by atoms with Crippen LogP contribution in [0.1, 0.15) is 41.8 Å². The zero-order valence-electron chi connectivity index (χ0n) is 10.5. The lowest BCUT2D eigenvalue weighted by Gasteiger charge is -2.20. The molecule has 102 valence electrons. The molecule has 2 atom stereocenters. The Morgan fingerprint density at radius 2 is 2.11 bits per heavy atom. The van der Waals surface area contributed by atoms with Crippen LogP contribution < -0.4 is 5.32 Å². The number of halogens is 1. The normalized spacial score (nSPS) is 24.3. The number of thiophene rings is 2. The summed E-state index contributed by atoms with van der Waals surface area (Å²) in [6, 6.07) is 4.18. The summed E-state index contributed by atoms with van der Waals surface area (Å²) in [7, 11) is 0. The van der Waals surface area contributed by atoms with Crippen LogP contribution in [0.4, 0.5) is 0 Å². The van der Waals surface area contributed by atoms with Crippen molar-refractivity contribution in [3.05, 3.63) is 22.4 Å². The SMILES string of the molecule is O=C(NC1CCCCCC1Cl)c1cc2sccc2s1. The Balaban J connectivity index is 1.71. The molecule has 2 aromatic heterocycles. The highest BCUT2D eigenvalue weighted by molar-refractivity contribution is 7.27. The van der Waals surface area contributed by atoms with Gasteiger partial charge in [0.25, 0.3) is 5.91 Å². The van der Waals surface area contributed by atoms with Gasteiger partial charge in [-0.05, 0) is 30.4 Å². The monoisotopic (exact) mass is 313 g/mol. The number of rotatable bonds is 2. The molecule has 2 unspecified atom stereocenters. The van der Waals surface area contributed by atoms with Gasteiger partial charge in [-0.1, -0.05) is 19.3 Å². The predicted molar refractivity (Wildman–Crippen MR) is 83.7 cm³/mol. The molecule has 2 aromatic rings. The Morgan fingerprint density at radius 3 is 2.95 bits per heavy atom. The van der Waals surface area contributed by atoms with Crippen molar-refractivity contribution in [2.75, 3.05) is 0 Å². The molecule has 3 rings (SSSR count). The van der Waals surface area contributed by atoms with Crippen molar-refractivity contribution >= 4 is 49.6 Å². The first kappa shape index (κ1) is 13.4. The van der Waals surface area contributed by atoms with Crippen LogP contribution in [0.15, 0.2) is 17.5 Å². The van der Waals surface area contributed by atoms with Gasteiger partial charge in [0, 0.05) is 15.4 Å². The molecule has 1 N–H and O–H groups in total. The van der Waals surface area contributed by atoms with Gasteiger partial charge in [-0.25, -0.2) is 0 Å². The highest BCUT2D eigenvalue weighted by Crippen LogP contribution is 2.30. The summed E-state index contributed by atoms with van der Waals surface area (Å²) in [5.41, 5.74) is 0. The van der Waals surface area contributed by atoms with E-state index in [1.807, 2.05) is 6.07 Å². The topological polar surface area (TPSA) is 29.1 Å². The average molecular weight is 314 g/mol. The Labute approximate surface area is 125 Å². The number of alkyl halides is 1. The molecule has 5 heteroatoms. The summed E-state index contributed by atoms with van der Waals surface area (Å²) < 4.78 is 2.39. The van der Waals surface area contributed by atoms with Gasteiger partial charge in [0.15, 0.2) is 0 Å². The quantitative estimate of drug-likeness (QED) is 0.635. The van der Waals surface area contributed by atoms with Gasteiger partial charge in [0.05, 0.1) is 10.3 Å². The zero-order chi connectivity index (χ0) is 13.2. The molecule has 0 aromatic carbocycles. The van der Waals surface area contributed by atoms with Crippen molar-refractivity contribution in [2.24, 2.45) is 0 Å². The van der Waals surface area contributed by atoms with Crippen molar-refractivity contribution in [3.63, 3.8) is 0 Å². The van der Waals surface area contributed by atoms with Crippen LogP contribution in [-0.2, 0) is 0 Å². The fourth-order valence-electron chi connectivity index (χ4n) is 2.54. The molecule has 19 heavy (non-hydrogen) atoms. The molecular weight excluding hydrogens is 298 g/mol. The minimum atomic E-state index is 0.0333. The van der Waals surface area contributed by atoms with Gasteiger partial charge in [-0.3, -0.25) is 4.79 Å². The predicted octanol–water partition coefficient (Wildman–Crippen LogP) is 4.63. The molecule has 1 saturated carbocycles. The minimum absolute atomic E-state index is 0.0333. The highest BCUT2D eigenvalue weighted by Gasteiger charge is 2.24. The third-order valence-corrected chi connectivity index (χ3v) is 6.23. The van der Waals surface area contributed by atoms with Crippen molar-refractivity contribution in [1.29, 1.82) is 0 Å². The Bertz CT molecular complexity index is 548. The standard InChI is InChI=1S/C14H16ClNOS2/c15-9-4-2-1-3-5-10(9)16-14(17)13-8-12-11(19-13)6-7-18-12/h6-10H,1-5H2,(H,16,17). The first-order valence-electron chi connectivity index (χ1n) is 6.66. The molecule has 0 spiro atoms. The maximum Gasteiger partial charge on any atom is 0.261 e. The van der Waals surface area contributed by atoms with Crippen LogP contribution in [-0.4, -0.2) is 17.3 Å². The Kier molecular flexibility index (Phi) is 4.10. The van der Waals surface area contributed by atoms with Gasteiger partial charge in [-0.15, -0.1) is 34.3 Å². The lowest BCUT2D eigenvalue weighted by atomic mass is 10.1. The Morgan fingerprint density at radius 1 is 1.26 bits per heavy atom. The maximum atomic E-state index is 12.3. The van der Waals surface area contributed by atoms with Crippen LogP contribution in [0.5, 0.6) is 0 Å². The number of hydrogen-bond acceptors (Lipinski definition) is 3. The molecule has 0 bridgehead atoms. The summed E-state index contributed by atoms with van der Waals surface area (Å²) in [6.07, 6.45) is 5.57. The van der Waals surface area contributed by atoms with Crippen LogP contribution in [0.25, 0.3) is 9.40 Å². The molecule has 2 nitrogen and oxygen atoms in total. The van der Waals surface area contributed by atoms with E-state index in [2.05, 4.69) is 16.8 Å². The lowest BCUT2D eigenvalue weighted by molar-refractivity contribution is 0.0938. The second-order valence-electron chi connectivity index (χ2n) is 4.99. The van der Waals surface area contributed by atoms with Crippen LogP contribution >= 0.6 is 34.3 Å². The van der Waals surface area contributed by atoms with E-state index >= 15 is 0 Å². The van der Waals surface area contributed by atoms with Gasteiger partial charge in [0.1, 0.15) is 0 Å². The average Bonchev–Trinajstić information content (AvgIpc) is 2.91. The number of fused-ring (bicyclic) bond motifs is 1. The van der Waals surface area contributed by atoms with Crippen molar-refractivity contribution in [2.45, 2.75) is 43.5 Å². The molecule has 1 amide bonds. The van der Waals surface area contributed by atoms with E-state index in [0.29, 0.717) is 0 Å². The van der Waals surface area contributed by atoms with Gasteiger partial charge in [0.2, 0.25) is 0 Å².